The van der Waals surface area contributed by atoms with Crippen LogP contribution in [0.2, 0.25) is 0 Å². The van der Waals surface area contributed by atoms with Crippen molar-refractivity contribution in [2.24, 2.45) is 0 Å². The van der Waals surface area contributed by atoms with Gasteiger partial charge in [-0.3, -0.25) is 9.69 Å². The Kier molecular flexibility index (Phi) is 3.50. The highest BCUT2D eigenvalue weighted by Gasteiger charge is 2.49. The van der Waals surface area contributed by atoms with Gasteiger partial charge in [-0.15, -0.1) is 0 Å². The number of halogens is 1. The molecule has 1 amide bonds. The van der Waals surface area contributed by atoms with E-state index in [4.69, 9.17) is 4.74 Å². The van der Waals surface area contributed by atoms with Crippen molar-refractivity contribution in [3.8, 4) is 0 Å². The monoisotopic (exact) mass is 245 g/mol. The average molecular weight is 245 g/mol. The molecule has 0 N–H and O–H groups in total. The van der Waals surface area contributed by atoms with E-state index < -0.39 is 23.4 Å². The lowest BCUT2D eigenvalue weighted by molar-refractivity contribution is -0.126. The quantitative estimate of drug-likeness (QED) is 0.712. The van der Waals surface area contributed by atoms with E-state index in [-0.39, 0.29) is 18.7 Å². The maximum atomic E-state index is 13.4. The second-order valence-electron chi connectivity index (χ2n) is 5.72. The fraction of sp³-hybridized carbons (Fsp3) is 0.833. The van der Waals surface area contributed by atoms with Crippen LogP contribution in [0.4, 0.5) is 9.18 Å². The Morgan fingerprint density at radius 2 is 1.94 bits per heavy atom. The van der Waals surface area contributed by atoms with E-state index in [1.165, 1.54) is 11.8 Å². The predicted octanol–water partition coefficient (Wildman–Crippen LogP) is 2.31. The molecule has 1 rings (SSSR count). The highest BCUT2D eigenvalue weighted by Crippen LogP contribution is 2.33. The van der Waals surface area contributed by atoms with Crippen molar-refractivity contribution in [3.63, 3.8) is 0 Å². The zero-order valence-electron chi connectivity index (χ0n) is 11.0. The van der Waals surface area contributed by atoms with Crippen LogP contribution < -0.4 is 0 Å². The molecule has 4 nitrogen and oxygen atoms in total. The molecule has 1 aliphatic heterocycles. The first-order valence-corrected chi connectivity index (χ1v) is 5.72. The number of hydrogen-bond acceptors (Lipinski definition) is 3. The fourth-order valence-corrected chi connectivity index (χ4v) is 1.93. The van der Waals surface area contributed by atoms with Crippen LogP contribution in [-0.2, 0) is 9.53 Å². The summed E-state index contributed by atoms with van der Waals surface area (Å²) in [5.74, 6) is -0.219. The van der Waals surface area contributed by atoms with Crippen molar-refractivity contribution < 1.29 is 18.7 Å². The number of nitrogens with zero attached hydrogens (tertiary/aromatic N) is 1. The molecule has 2 atom stereocenters. The van der Waals surface area contributed by atoms with Crippen molar-refractivity contribution in [2.75, 3.05) is 6.54 Å². The summed E-state index contributed by atoms with van der Waals surface area (Å²) in [5, 5.41) is 0. The van der Waals surface area contributed by atoms with Gasteiger partial charge in [-0.05, 0) is 34.6 Å². The molecular formula is C12H20FNO3. The molecule has 0 aliphatic carbocycles. The molecule has 17 heavy (non-hydrogen) atoms. The van der Waals surface area contributed by atoms with Crippen LogP contribution in [0.25, 0.3) is 0 Å². The van der Waals surface area contributed by atoms with Gasteiger partial charge in [0.15, 0.2) is 5.78 Å². The Morgan fingerprint density at radius 3 is 2.35 bits per heavy atom. The molecule has 0 bridgehead atoms. The first-order chi connectivity index (χ1) is 7.56. The van der Waals surface area contributed by atoms with Crippen molar-refractivity contribution in [1.29, 1.82) is 0 Å². The summed E-state index contributed by atoms with van der Waals surface area (Å²) >= 11 is 0. The normalized spacial score (nSPS) is 29.3. The zero-order chi connectivity index (χ0) is 13.4. The largest absolute Gasteiger partial charge is 0.444 e. The Labute approximate surface area is 101 Å². The summed E-state index contributed by atoms with van der Waals surface area (Å²) in [4.78, 5) is 24.7. The maximum absolute atomic E-state index is 13.4. The van der Waals surface area contributed by atoms with Crippen LogP contribution in [0.1, 0.15) is 41.0 Å². The third-order valence-electron chi connectivity index (χ3n) is 2.97. The van der Waals surface area contributed by atoms with Crippen molar-refractivity contribution >= 4 is 11.9 Å². The van der Waals surface area contributed by atoms with Crippen LogP contribution in [0.5, 0.6) is 0 Å². The van der Waals surface area contributed by atoms with E-state index in [2.05, 4.69) is 0 Å². The van der Waals surface area contributed by atoms with Gasteiger partial charge >= 0.3 is 6.09 Å². The van der Waals surface area contributed by atoms with Crippen LogP contribution in [0.3, 0.4) is 0 Å². The number of rotatable bonds is 1. The van der Waals surface area contributed by atoms with Gasteiger partial charge in [0, 0.05) is 6.42 Å². The molecule has 0 aromatic heterocycles. The molecule has 1 aliphatic rings. The number of likely N-dealkylation sites (tertiary alicyclic amines) is 1. The van der Waals surface area contributed by atoms with Gasteiger partial charge in [0.25, 0.3) is 0 Å². The average Bonchev–Trinajstić information content (AvgIpc) is 2.40. The van der Waals surface area contributed by atoms with E-state index in [9.17, 15) is 14.0 Å². The molecule has 0 aromatic rings. The Balaban J connectivity index is 2.88. The SMILES string of the molecule is CC(=O)[C@]1(C)C[C@H](F)CN1C(=O)OC(C)(C)C. The van der Waals surface area contributed by atoms with E-state index in [1.807, 2.05) is 0 Å². The van der Waals surface area contributed by atoms with Gasteiger partial charge < -0.3 is 4.74 Å². The van der Waals surface area contributed by atoms with Gasteiger partial charge in [0.05, 0.1) is 6.54 Å². The number of carbonyl (C=O) groups is 2. The number of ketones is 1. The third kappa shape index (κ3) is 2.96. The van der Waals surface area contributed by atoms with Gasteiger partial charge in [0.1, 0.15) is 17.3 Å². The van der Waals surface area contributed by atoms with Crippen LogP contribution in [0.15, 0.2) is 0 Å². The summed E-state index contributed by atoms with van der Waals surface area (Å²) in [6, 6.07) is 0. The van der Waals surface area contributed by atoms with Crippen molar-refractivity contribution in [2.45, 2.75) is 58.4 Å². The van der Waals surface area contributed by atoms with Gasteiger partial charge in [-0.2, -0.15) is 0 Å². The summed E-state index contributed by atoms with van der Waals surface area (Å²) in [7, 11) is 0. The Morgan fingerprint density at radius 1 is 1.41 bits per heavy atom. The minimum atomic E-state index is -1.17. The van der Waals surface area contributed by atoms with Gasteiger partial charge in [0.2, 0.25) is 0 Å². The summed E-state index contributed by atoms with van der Waals surface area (Å²) in [5.41, 5.74) is -1.73. The number of ether oxygens (including phenoxy) is 1. The lowest BCUT2D eigenvalue weighted by Gasteiger charge is -2.33. The Bertz CT molecular complexity index is 337. The van der Waals surface area contributed by atoms with E-state index in [0.29, 0.717) is 0 Å². The molecule has 5 heteroatoms. The second kappa shape index (κ2) is 4.27. The molecular weight excluding hydrogens is 225 g/mol. The van der Waals surface area contributed by atoms with Crippen molar-refractivity contribution in [1.82, 2.24) is 4.90 Å². The number of amides is 1. The highest BCUT2D eigenvalue weighted by molar-refractivity contribution is 5.90. The molecule has 0 radical (unpaired) electrons. The summed E-state index contributed by atoms with van der Waals surface area (Å²) < 4.78 is 18.6. The molecule has 0 saturated carbocycles. The molecule has 0 unspecified atom stereocenters. The molecule has 1 fully saturated rings. The number of carbonyl (C=O) groups excluding carboxylic acids is 2. The lowest BCUT2D eigenvalue weighted by Crippen LogP contribution is -2.51. The maximum Gasteiger partial charge on any atom is 0.411 e. The van der Waals surface area contributed by atoms with E-state index in [0.717, 1.165) is 0 Å². The highest BCUT2D eigenvalue weighted by atomic mass is 19.1. The van der Waals surface area contributed by atoms with Crippen molar-refractivity contribution in [3.05, 3.63) is 0 Å². The smallest absolute Gasteiger partial charge is 0.411 e. The zero-order valence-corrected chi connectivity index (χ0v) is 11.0. The van der Waals surface area contributed by atoms with E-state index >= 15 is 0 Å². The van der Waals surface area contributed by atoms with Gasteiger partial charge in [-0.1, -0.05) is 0 Å². The number of alkyl halides is 1. The summed E-state index contributed by atoms with van der Waals surface area (Å²) in [6.07, 6.45) is -1.76. The topological polar surface area (TPSA) is 46.6 Å². The molecule has 0 aromatic carbocycles. The third-order valence-corrected chi connectivity index (χ3v) is 2.97. The molecule has 0 spiro atoms. The predicted molar refractivity (Wildman–Crippen MR) is 61.5 cm³/mol. The van der Waals surface area contributed by atoms with Crippen LogP contribution in [0, 0.1) is 0 Å². The minimum absolute atomic E-state index is 0.0432. The molecule has 1 saturated heterocycles. The lowest BCUT2D eigenvalue weighted by atomic mass is 9.94. The fourth-order valence-electron chi connectivity index (χ4n) is 1.93. The molecule has 1 heterocycles. The van der Waals surface area contributed by atoms with E-state index in [1.54, 1.807) is 27.7 Å². The Hall–Kier alpha value is -1.13. The summed E-state index contributed by atoms with van der Waals surface area (Å²) in [6.45, 7) is 8.08. The van der Waals surface area contributed by atoms with Gasteiger partial charge in [-0.25, -0.2) is 9.18 Å². The first-order valence-electron chi connectivity index (χ1n) is 5.72. The standard InChI is InChI=1S/C12H20FNO3/c1-8(15)12(5)6-9(13)7-14(12)10(16)17-11(2,3)4/h9H,6-7H2,1-5H3/t9-,12-/m0/s1. The first kappa shape index (κ1) is 13.9. The van der Waals surface area contributed by atoms with Crippen LogP contribution >= 0.6 is 0 Å². The molecule has 98 valence electrons. The number of Topliss-reactive ketones (excluding diaryl/α,β-unsaturated/α-hetero) is 1. The second-order valence-corrected chi connectivity index (χ2v) is 5.72. The number of hydrogen-bond donors (Lipinski definition) is 0. The van der Waals surface area contributed by atoms with Crippen LogP contribution in [-0.4, -0.2) is 40.6 Å². The minimum Gasteiger partial charge on any atom is -0.444 e.